The molecular weight excluding hydrogens is 172 g/mol. The molecule has 3 heteroatoms. The van der Waals surface area contributed by atoms with Crippen molar-refractivity contribution in [2.24, 2.45) is 0 Å². The predicted molar refractivity (Wildman–Crippen MR) is 46.9 cm³/mol. The number of hydrogen-bond donors (Lipinski definition) is 0. The second kappa shape index (κ2) is 2.75. The van der Waals surface area contributed by atoms with Crippen molar-refractivity contribution in [2.45, 2.75) is 13.0 Å². The zero-order valence-electron chi connectivity index (χ0n) is 6.61. The van der Waals surface area contributed by atoms with Gasteiger partial charge in [-0.2, -0.15) is 0 Å². The van der Waals surface area contributed by atoms with Crippen LogP contribution in [0.5, 0.6) is 0 Å². The molecule has 0 unspecified atom stereocenters. The first-order chi connectivity index (χ1) is 5.77. The molecule has 0 radical (unpaired) electrons. The Labute approximate surface area is 74.5 Å². The number of thiophene rings is 1. The Kier molecular flexibility index (Phi) is 1.73. The van der Waals surface area contributed by atoms with Crippen LogP contribution < -0.4 is 0 Å². The number of carbonyl (C=O) groups excluding carboxylic acids is 1. The minimum Gasteiger partial charge on any atom is -0.449 e. The number of hydrogen-bond acceptors (Lipinski definition) is 3. The van der Waals surface area contributed by atoms with Gasteiger partial charge in [0, 0.05) is 10.5 Å². The van der Waals surface area contributed by atoms with E-state index in [0.717, 1.165) is 4.88 Å². The summed E-state index contributed by atoms with van der Waals surface area (Å²) in [6, 6.07) is 3.92. The van der Waals surface area contributed by atoms with Gasteiger partial charge in [-0.3, -0.25) is 0 Å². The molecule has 0 bridgehead atoms. The highest BCUT2D eigenvalue weighted by Gasteiger charge is 2.23. The van der Waals surface area contributed by atoms with Crippen LogP contribution in [0.2, 0.25) is 0 Å². The Morgan fingerprint density at radius 2 is 2.42 bits per heavy atom. The van der Waals surface area contributed by atoms with Gasteiger partial charge in [-0.05, 0) is 24.4 Å². The van der Waals surface area contributed by atoms with Crippen molar-refractivity contribution in [3.8, 4) is 0 Å². The number of ether oxygens (including phenoxy) is 1. The number of esters is 1. The van der Waals surface area contributed by atoms with E-state index in [0.29, 0.717) is 5.57 Å². The van der Waals surface area contributed by atoms with E-state index < -0.39 is 0 Å². The summed E-state index contributed by atoms with van der Waals surface area (Å²) in [5.41, 5.74) is 0.702. The average Bonchev–Trinajstić information content (AvgIpc) is 2.61. The molecule has 1 aliphatic rings. The SMILES string of the molecule is CC1=C[C@@H](c2cccs2)OC1=O. The van der Waals surface area contributed by atoms with Gasteiger partial charge >= 0.3 is 5.97 Å². The van der Waals surface area contributed by atoms with Gasteiger partial charge in [0.15, 0.2) is 6.10 Å². The maximum absolute atomic E-state index is 11.0. The Morgan fingerprint density at radius 1 is 1.58 bits per heavy atom. The third-order valence-electron chi connectivity index (χ3n) is 1.78. The van der Waals surface area contributed by atoms with Crippen LogP contribution in [0.3, 0.4) is 0 Å². The summed E-state index contributed by atoms with van der Waals surface area (Å²) in [7, 11) is 0. The summed E-state index contributed by atoms with van der Waals surface area (Å²) in [4.78, 5) is 12.1. The Balaban J connectivity index is 2.25. The Hall–Kier alpha value is -1.09. The van der Waals surface area contributed by atoms with E-state index in [1.165, 1.54) is 0 Å². The van der Waals surface area contributed by atoms with Gasteiger partial charge in [-0.1, -0.05) is 6.07 Å². The minimum absolute atomic E-state index is 0.141. The van der Waals surface area contributed by atoms with Crippen LogP contribution >= 0.6 is 11.3 Å². The molecule has 0 fully saturated rings. The monoisotopic (exact) mass is 180 g/mol. The first-order valence-electron chi connectivity index (χ1n) is 3.70. The first kappa shape index (κ1) is 7.55. The van der Waals surface area contributed by atoms with Crippen LogP contribution in [0.25, 0.3) is 0 Å². The molecule has 0 spiro atoms. The quantitative estimate of drug-likeness (QED) is 0.620. The lowest BCUT2D eigenvalue weighted by atomic mass is 10.2. The molecule has 1 aromatic heterocycles. The molecule has 1 aliphatic heterocycles. The normalized spacial score (nSPS) is 22.2. The standard InChI is InChI=1S/C9H8O2S/c1-6-5-7(11-9(6)10)8-3-2-4-12-8/h2-5,7H,1H3/t7-/m0/s1. The van der Waals surface area contributed by atoms with Crippen molar-refractivity contribution in [1.29, 1.82) is 0 Å². The number of cyclic esters (lactones) is 1. The molecule has 62 valence electrons. The van der Waals surface area contributed by atoms with Crippen molar-refractivity contribution in [3.63, 3.8) is 0 Å². The third-order valence-corrected chi connectivity index (χ3v) is 2.71. The topological polar surface area (TPSA) is 26.3 Å². The summed E-state index contributed by atoms with van der Waals surface area (Å²) in [6.07, 6.45) is 1.71. The van der Waals surface area contributed by atoms with Crippen molar-refractivity contribution in [3.05, 3.63) is 34.0 Å². The van der Waals surface area contributed by atoms with E-state index >= 15 is 0 Å². The zero-order valence-corrected chi connectivity index (χ0v) is 7.43. The minimum atomic E-state index is -0.201. The van der Waals surface area contributed by atoms with Gasteiger partial charge in [-0.25, -0.2) is 4.79 Å². The smallest absolute Gasteiger partial charge is 0.334 e. The zero-order chi connectivity index (χ0) is 8.55. The van der Waals surface area contributed by atoms with E-state index in [9.17, 15) is 4.79 Å². The second-order valence-corrected chi connectivity index (χ2v) is 3.67. The molecule has 0 N–H and O–H groups in total. The molecule has 2 heterocycles. The van der Waals surface area contributed by atoms with Crippen LogP contribution in [0.4, 0.5) is 0 Å². The van der Waals surface area contributed by atoms with Crippen molar-refractivity contribution >= 4 is 17.3 Å². The summed E-state index contributed by atoms with van der Waals surface area (Å²) < 4.78 is 5.10. The fourth-order valence-corrected chi connectivity index (χ4v) is 1.85. The van der Waals surface area contributed by atoms with Gasteiger partial charge in [-0.15, -0.1) is 11.3 Å². The van der Waals surface area contributed by atoms with Gasteiger partial charge in [0.05, 0.1) is 0 Å². The van der Waals surface area contributed by atoms with Crippen LogP contribution in [-0.4, -0.2) is 5.97 Å². The summed E-state index contributed by atoms with van der Waals surface area (Å²) >= 11 is 1.60. The summed E-state index contributed by atoms with van der Waals surface area (Å²) in [5.74, 6) is -0.201. The van der Waals surface area contributed by atoms with Crippen LogP contribution in [0.1, 0.15) is 17.9 Å². The van der Waals surface area contributed by atoms with Gasteiger partial charge in [0.25, 0.3) is 0 Å². The van der Waals surface area contributed by atoms with Gasteiger partial charge in [0.1, 0.15) is 0 Å². The molecular formula is C9H8O2S. The highest BCUT2D eigenvalue weighted by molar-refractivity contribution is 7.10. The van der Waals surface area contributed by atoms with E-state index in [4.69, 9.17) is 4.74 Å². The molecule has 2 nitrogen and oxygen atoms in total. The van der Waals surface area contributed by atoms with E-state index in [1.54, 1.807) is 18.3 Å². The first-order valence-corrected chi connectivity index (χ1v) is 4.58. The molecule has 0 aliphatic carbocycles. The lowest BCUT2D eigenvalue weighted by Gasteiger charge is -2.03. The van der Waals surface area contributed by atoms with Gasteiger partial charge in [0.2, 0.25) is 0 Å². The fourth-order valence-electron chi connectivity index (χ4n) is 1.13. The van der Waals surface area contributed by atoms with Crippen LogP contribution in [0.15, 0.2) is 29.2 Å². The molecule has 0 saturated heterocycles. The molecule has 0 aromatic carbocycles. The van der Waals surface area contributed by atoms with Crippen molar-refractivity contribution in [1.82, 2.24) is 0 Å². The maximum Gasteiger partial charge on any atom is 0.334 e. The Morgan fingerprint density at radius 3 is 2.92 bits per heavy atom. The molecule has 12 heavy (non-hydrogen) atoms. The molecule has 0 saturated carbocycles. The molecule has 1 aromatic rings. The lowest BCUT2D eigenvalue weighted by molar-refractivity contribution is -0.139. The summed E-state index contributed by atoms with van der Waals surface area (Å²) in [5, 5.41) is 1.98. The fraction of sp³-hybridized carbons (Fsp3) is 0.222. The van der Waals surface area contributed by atoms with Crippen molar-refractivity contribution in [2.75, 3.05) is 0 Å². The van der Waals surface area contributed by atoms with Crippen molar-refractivity contribution < 1.29 is 9.53 Å². The van der Waals surface area contributed by atoms with E-state index in [1.807, 2.05) is 23.6 Å². The largest absolute Gasteiger partial charge is 0.449 e. The van der Waals surface area contributed by atoms with Crippen LogP contribution in [0, 0.1) is 0 Å². The lowest BCUT2D eigenvalue weighted by Crippen LogP contribution is -1.99. The molecule has 1 atom stereocenters. The summed E-state index contributed by atoms with van der Waals surface area (Å²) in [6.45, 7) is 1.77. The second-order valence-electron chi connectivity index (χ2n) is 2.69. The van der Waals surface area contributed by atoms with Crippen LogP contribution in [-0.2, 0) is 9.53 Å². The van der Waals surface area contributed by atoms with E-state index in [-0.39, 0.29) is 12.1 Å². The number of carbonyl (C=O) groups is 1. The highest BCUT2D eigenvalue weighted by atomic mass is 32.1. The third kappa shape index (κ3) is 1.16. The maximum atomic E-state index is 11.0. The molecule has 0 amide bonds. The Bertz CT molecular complexity index is 324. The predicted octanol–water partition coefficient (Wildman–Crippen LogP) is 2.29. The van der Waals surface area contributed by atoms with E-state index in [2.05, 4.69) is 0 Å². The number of rotatable bonds is 1. The van der Waals surface area contributed by atoms with Gasteiger partial charge < -0.3 is 4.74 Å². The highest BCUT2D eigenvalue weighted by Crippen LogP contribution is 2.30. The molecule has 2 rings (SSSR count). The average molecular weight is 180 g/mol.